The predicted molar refractivity (Wildman–Crippen MR) is 108 cm³/mol. The number of ether oxygens (including phenoxy) is 1. The maximum absolute atomic E-state index is 12.3. The van der Waals surface area contributed by atoms with Gasteiger partial charge in [0.05, 0.1) is 6.10 Å². The Kier molecular flexibility index (Phi) is 7.62. The van der Waals surface area contributed by atoms with Crippen molar-refractivity contribution in [2.24, 2.45) is 5.92 Å². The van der Waals surface area contributed by atoms with Gasteiger partial charge in [-0.1, -0.05) is 37.3 Å². The van der Waals surface area contributed by atoms with Gasteiger partial charge in [0.1, 0.15) is 0 Å². The van der Waals surface area contributed by atoms with Gasteiger partial charge in [-0.25, -0.2) is 0 Å². The Bertz CT molecular complexity index is 604. The van der Waals surface area contributed by atoms with Crippen LogP contribution < -0.4 is 0 Å². The van der Waals surface area contributed by atoms with E-state index in [2.05, 4.69) is 31.2 Å². The van der Waals surface area contributed by atoms with Crippen LogP contribution in [-0.4, -0.2) is 18.9 Å². The van der Waals surface area contributed by atoms with E-state index in [0.717, 1.165) is 51.6 Å². The highest BCUT2D eigenvalue weighted by Crippen LogP contribution is 2.39. The standard InChI is InChI=1S/C24H33F3O/c1-2-17-28-23-13-11-22(12-14-23)21-9-7-20(8-10-21)19-5-3-18(4-6-19)15-16-24(25,26)27/h7-10,15-16,18-19,22-23H,2-6,11-14,17H2,1H3/t18-,19-,22-,23-. The number of alkyl halides is 3. The van der Waals surface area contributed by atoms with Crippen LogP contribution in [0.5, 0.6) is 0 Å². The van der Waals surface area contributed by atoms with Gasteiger partial charge in [-0.05, 0) is 86.7 Å². The summed E-state index contributed by atoms with van der Waals surface area (Å²) in [4.78, 5) is 0. The molecule has 0 aliphatic heterocycles. The van der Waals surface area contributed by atoms with Crippen LogP contribution in [-0.2, 0) is 4.74 Å². The number of hydrogen-bond acceptors (Lipinski definition) is 1. The molecule has 1 nitrogen and oxygen atoms in total. The quantitative estimate of drug-likeness (QED) is 0.453. The van der Waals surface area contributed by atoms with Crippen LogP contribution in [0.2, 0.25) is 0 Å². The molecule has 0 aromatic heterocycles. The summed E-state index contributed by atoms with van der Waals surface area (Å²) in [7, 11) is 0. The molecule has 0 spiro atoms. The van der Waals surface area contributed by atoms with Crippen LogP contribution in [0.25, 0.3) is 0 Å². The fourth-order valence-electron chi connectivity index (χ4n) is 4.78. The Morgan fingerprint density at radius 3 is 1.82 bits per heavy atom. The lowest BCUT2D eigenvalue weighted by molar-refractivity contribution is -0.0803. The smallest absolute Gasteiger partial charge is 0.378 e. The molecular formula is C24H33F3O. The second-order valence-corrected chi connectivity index (χ2v) is 8.52. The molecule has 0 atom stereocenters. The Balaban J connectivity index is 1.47. The summed E-state index contributed by atoms with van der Waals surface area (Å²) in [6.45, 7) is 3.02. The van der Waals surface area contributed by atoms with Crippen molar-refractivity contribution < 1.29 is 17.9 Å². The molecule has 3 rings (SSSR count). The first-order valence-electron chi connectivity index (χ1n) is 10.9. The molecule has 0 heterocycles. The van der Waals surface area contributed by atoms with E-state index in [1.165, 1.54) is 30.0 Å². The first-order chi connectivity index (χ1) is 13.4. The molecule has 2 saturated carbocycles. The summed E-state index contributed by atoms with van der Waals surface area (Å²) in [5, 5.41) is 0. The van der Waals surface area contributed by atoms with Gasteiger partial charge in [-0.3, -0.25) is 0 Å². The molecule has 0 bridgehead atoms. The molecule has 4 heteroatoms. The van der Waals surface area contributed by atoms with Crippen molar-refractivity contribution in [1.29, 1.82) is 0 Å². The van der Waals surface area contributed by atoms with Gasteiger partial charge in [0.25, 0.3) is 0 Å². The van der Waals surface area contributed by atoms with E-state index in [1.807, 2.05) is 0 Å². The van der Waals surface area contributed by atoms with Crippen molar-refractivity contribution in [2.45, 2.75) is 88.8 Å². The molecule has 1 aromatic carbocycles. The van der Waals surface area contributed by atoms with Crippen molar-refractivity contribution in [3.63, 3.8) is 0 Å². The number of halogens is 3. The predicted octanol–water partition coefficient (Wildman–Crippen LogP) is 7.53. The van der Waals surface area contributed by atoms with Crippen LogP contribution >= 0.6 is 0 Å². The van der Waals surface area contributed by atoms with Crippen molar-refractivity contribution in [3.05, 3.63) is 47.5 Å². The first kappa shape index (κ1) is 21.4. The van der Waals surface area contributed by atoms with Crippen molar-refractivity contribution in [2.75, 3.05) is 6.61 Å². The zero-order chi connectivity index (χ0) is 20.0. The van der Waals surface area contributed by atoms with Crippen LogP contribution in [0.3, 0.4) is 0 Å². The summed E-state index contributed by atoms with van der Waals surface area (Å²) in [5.74, 6) is 1.20. The first-order valence-corrected chi connectivity index (χ1v) is 10.9. The molecule has 28 heavy (non-hydrogen) atoms. The summed E-state index contributed by atoms with van der Waals surface area (Å²) in [6.07, 6.45) is 7.47. The van der Waals surface area contributed by atoms with Gasteiger partial charge >= 0.3 is 6.18 Å². The fourth-order valence-corrected chi connectivity index (χ4v) is 4.78. The molecule has 2 aliphatic rings. The summed E-state index contributed by atoms with van der Waals surface area (Å²) in [6, 6.07) is 9.07. The van der Waals surface area contributed by atoms with Gasteiger partial charge < -0.3 is 4.74 Å². The average molecular weight is 395 g/mol. The highest BCUT2D eigenvalue weighted by atomic mass is 19.4. The maximum Gasteiger partial charge on any atom is 0.409 e. The minimum Gasteiger partial charge on any atom is -0.378 e. The maximum atomic E-state index is 12.3. The molecule has 2 fully saturated rings. The third-order valence-corrected chi connectivity index (χ3v) is 6.44. The fraction of sp³-hybridized carbons (Fsp3) is 0.667. The molecule has 0 amide bonds. The molecule has 2 aliphatic carbocycles. The molecule has 1 aromatic rings. The van der Waals surface area contributed by atoms with Gasteiger partial charge in [-0.2, -0.15) is 13.2 Å². The van der Waals surface area contributed by atoms with Crippen molar-refractivity contribution >= 4 is 0 Å². The third-order valence-electron chi connectivity index (χ3n) is 6.44. The van der Waals surface area contributed by atoms with Gasteiger partial charge in [0, 0.05) is 12.7 Å². The van der Waals surface area contributed by atoms with Gasteiger partial charge in [0.2, 0.25) is 0 Å². The number of rotatable bonds is 6. The normalized spacial score (nSPS) is 29.3. The Labute approximate surface area is 167 Å². The van der Waals surface area contributed by atoms with E-state index >= 15 is 0 Å². The highest BCUT2D eigenvalue weighted by Gasteiger charge is 2.26. The average Bonchev–Trinajstić information content (AvgIpc) is 2.71. The summed E-state index contributed by atoms with van der Waals surface area (Å²) in [5.41, 5.74) is 2.78. The lowest BCUT2D eigenvalue weighted by atomic mass is 9.77. The van der Waals surface area contributed by atoms with Crippen molar-refractivity contribution in [1.82, 2.24) is 0 Å². The van der Waals surface area contributed by atoms with E-state index in [4.69, 9.17) is 4.74 Å². The zero-order valence-electron chi connectivity index (χ0n) is 16.9. The van der Waals surface area contributed by atoms with Gasteiger partial charge in [0.15, 0.2) is 0 Å². The van der Waals surface area contributed by atoms with E-state index in [9.17, 15) is 13.2 Å². The second-order valence-electron chi connectivity index (χ2n) is 8.52. The Morgan fingerprint density at radius 2 is 1.36 bits per heavy atom. The Hall–Kier alpha value is -1.29. The molecule has 0 radical (unpaired) electrons. The second kappa shape index (κ2) is 9.96. The lowest BCUT2D eigenvalue weighted by Gasteiger charge is -2.30. The van der Waals surface area contributed by atoms with Gasteiger partial charge in [-0.15, -0.1) is 0 Å². The zero-order valence-corrected chi connectivity index (χ0v) is 16.9. The minimum atomic E-state index is -4.19. The molecular weight excluding hydrogens is 361 g/mol. The summed E-state index contributed by atoms with van der Waals surface area (Å²) >= 11 is 0. The molecule has 0 unspecified atom stereocenters. The monoisotopic (exact) mass is 394 g/mol. The number of allylic oxidation sites excluding steroid dienone is 2. The van der Waals surface area contributed by atoms with Crippen LogP contribution in [0.1, 0.15) is 87.7 Å². The van der Waals surface area contributed by atoms with Crippen molar-refractivity contribution in [3.8, 4) is 0 Å². The number of hydrogen-bond donors (Lipinski definition) is 0. The van der Waals surface area contributed by atoms with Crippen LogP contribution in [0, 0.1) is 5.92 Å². The number of benzene rings is 1. The Morgan fingerprint density at radius 1 is 0.857 bits per heavy atom. The molecule has 0 N–H and O–H groups in total. The minimum absolute atomic E-state index is 0.0715. The third kappa shape index (κ3) is 6.37. The largest absolute Gasteiger partial charge is 0.409 e. The summed E-state index contributed by atoms with van der Waals surface area (Å²) < 4.78 is 42.9. The SMILES string of the molecule is CCCO[C@H]1CC[C@H](c2ccc([C@H]3CC[C@H](C=CC(F)(F)F)CC3)cc2)CC1. The van der Waals surface area contributed by atoms with E-state index in [1.54, 1.807) is 0 Å². The molecule has 156 valence electrons. The topological polar surface area (TPSA) is 9.23 Å². The molecule has 0 saturated heterocycles. The van der Waals surface area contributed by atoms with E-state index < -0.39 is 6.18 Å². The van der Waals surface area contributed by atoms with Crippen LogP contribution in [0.15, 0.2) is 36.4 Å². The van der Waals surface area contributed by atoms with E-state index in [-0.39, 0.29) is 5.92 Å². The highest BCUT2D eigenvalue weighted by molar-refractivity contribution is 5.28. The lowest BCUT2D eigenvalue weighted by Crippen LogP contribution is -2.21. The van der Waals surface area contributed by atoms with Crippen LogP contribution in [0.4, 0.5) is 13.2 Å². The van der Waals surface area contributed by atoms with E-state index in [0.29, 0.717) is 24.0 Å².